The van der Waals surface area contributed by atoms with Gasteiger partial charge in [0.15, 0.2) is 11.5 Å². The van der Waals surface area contributed by atoms with Gasteiger partial charge in [0, 0.05) is 13.7 Å². The van der Waals surface area contributed by atoms with Gasteiger partial charge in [-0.2, -0.15) is 0 Å². The predicted molar refractivity (Wildman–Crippen MR) is 71.0 cm³/mol. The van der Waals surface area contributed by atoms with Gasteiger partial charge in [-0.3, -0.25) is 0 Å². The summed E-state index contributed by atoms with van der Waals surface area (Å²) >= 11 is 0. The highest BCUT2D eigenvalue weighted by molar-refractivity contribution is 5.39. The Kier molecular flexibility index (Phi) is 7.45. The van der Waals surface area contributed by atoms with Gasteiger partial charge in [-0.05, 0) is 12.1 Å². The molecule has 1 aromatic rings. The Labute approximate surface area is 108 Å². The minimum Gasteiger partial charge on any atom is -0.493 e. The van der Waals surface area contributed by atoms with Crippen LogP contribution in [0.2, 0.25) is 0 Å². The number of para-hydroxylation sites is 2. The van der Waals surface area contributed by atoms with E-state index in [1.165, 1.54) is 0 Å². The summed E-state index contributed by atoms with van der Waals surface area (Å²) < 4.78 is 15.6. The van der Waals surface area contributed by atoms with Crippen molar-refractivity contribution in [3.8, 4) is 23.3 Å². The molecule has 4 heteroatoms. The molecule has 4 nitrogen and oxygen atoms in total. The second-order valence-electron chi connectivity index (χ2n) is 3.46. The summed E-state index contributed by atoms with van der Waals surface area (Å²) in [5.41, 5.74) is 0. The van der Waals surface area contributed by atoms with Crippen LogP contribution in [0.3, 0.4) is 0 Å². The van der Waals surface area contributed by atoms with E-state index in [9.17, 15) is 0 Å². The molecular formula is C14H19NO3. The minimum absolute atomic E-state index is 0.472. The third-order valence-corrected chi connectivity index (χ3v) is 2.16. The van der Waals surface area contributed by atoms with Gasteiger partial charge in [0.1, 0.15) is 13.2 Å². The molecule has 0 fully saturated rings. The first-order chi connectivity index (χ1) is 8.88. The van der Waals surface area contributed by atoms with Gasteiger partial charge in [-0.1, -0.05) is 24.0 Å². The van der Waals surface area contributed by atoms with Gasteiger partial charge in [0.05, 0.1) is 13.7 Å². The summed E-state index contributed by atoms with van der Waals surface area (Å²) in [6.45, 7) is 2.42. The molecule has 0 unspecified atom stereocenters. The lowest BCUT2D eigenvalue weighted by Crippen LogP contribution is -2.21. The van der Waals surface area contributed by atoms with E-state index in [4.69, 9.17) is 14.2 Å². The van der Waals surface area contributed by atoms with Crippen molar-refractivity contribution in [3.05, 3.63) is 24.3 Å². The highest BCUT2D eigenvalue weighted by atomic mass is 16.5. The molecule has 0 atom stereocenters. The number of hydrogen-bond acceptors (Lipinski definition) is 4. The molecule has 0 aliphatic heterocycles. The lowest BCUT2D eigenvalue weighted by atomic mass is 10.3. The Balaban J connectivity index is 2.16. The Morgan fingerprint density at radius 2 is 1.89 bits per heavy atom. The average molecular weight is 249 g/mol. The van der Waals surface area contributed by atoms with Gasteiger partial charge < -0.3 is 19.5 Å². The zero-order valence-electron chi connectivity index (χ0n) is 10.9. The van der Waals surface area contributed by atoms with Crippen molar-refractivity contribution in [1.82, 2.24) is 5.32 Å². The van der Waals surface area contributed by atoms with Crippen molar-refractivity contribution in [2.45, 2.75) is 0 Å². The summed E-state index contributed by atoms with van der Waals surface area (Å²) in [5, 5.41) is 3.16. The first-order valence-electron chi connectivity index (χ1n) is 5.79. The summed E-state index contributed by atoms with van der Waals surface area (Å²) in [7, 11) is 3.26. The van der Waals surface area contributed by atoms with Crippen LogP contribution in [0.25, 0.3) is 0 Å². The Bertz CT molecular complexity index is 396. The fourth-order valence-corrected chi connectivity index (χ4v) is 1.31. The molecule has 1 rings (SSSR count). The number of ether oxygens (including phenoxy) is 3. The third-order valence-electron chi connectivity index (χ3n) is 2.16. The molecule has 0 radical (unpaired) electrons. The van der Waals surface area contributed by atoms with E-state index in [0.29, 0.717) is 19.8 Å². The summed E-state index contributed by atoms with van der Waals surface area (Å²) in [5.74, 6) is 7.31. The van der Waals surface area contributed by atoms with Crippen LogP contribution in [-0.2, 0) is 4.74 Å². The van der Waals surface area contributed by atoms with E-state index < -0.39 is 0 Å². The van der Waals surface area contributed by atoms with Crippen molar-refractivity contribution in [1.29, 1.82) is 0 Å². The molecule has 0 saturated heterocycles. The number of methoxy groups -OCH3 is 2. The molecule has 98 valence electrons. The minimum atomic E-state index is 0.472. The molecule has 0 amide bonds. The van der Waals surface area contributed by atoms with Crippen LogP contribution < -0.4 is 14.8 Å². The highest BCUT2D eigenvalue weighted by Gasteiger charge is 2.00. The zero-order valence-corrected chi connectivity index (χ0v) is 10.9. The van der Waals surface area contributed by atoms with E-state index in [-0.39, 0.29) is 0 Å². The molecule has 18 heavy (non-hydrogen) atoms. The van der Waals surface area contributed by atoms with Crippen molar-refractivity contribution in [2.24, 2.45) is 0 Å². The van der Waals surface area contributed by atoms with Gasteiger partial charge in [-0.15, -0.1) is 0 Å². The van der Waals surface area contributed by atoms with Gasteiger partial charge >= 0.3 is 0 Å². The predicted octanol–water partition coefficient (Wildman–Crippen LogP) is 1.31. The van der Waals surface area contributed by atoms with Crippen LogP contribution in [0.4, 0.5) is 0 Å². The van der Waals surface area contributed by atoms with Crippen LogP contribution in [0.5, 0.6) is 11.5 Å². The zero-order chi connectivity index (χ0) is 13.1. The topological polar surface area (TPSA) is 39.7 Å². The highest BCUT2D eigenvalue weighted by Crippen LogP contribution is 2.25. The Morgan fingerprint density at radius 1 is 1.11 bits per heavy atom. The standard InChI is InChI=1S/C14H19NO3/c1-16-11-6-5-9-15-10-12-18-14-8-4-3-7-13(14)17-2/h3-4,7-8,15H,9-12H2,1-2H3. The van der Waals surface area contributed by atoms with Gasteiger partial charge in [0.25, 0.3) is 0 Å². The molecule has 0 saturated carbocycles. The molecule has 0 aromatic heterocycles. The maximum atomic E-state index is 5.60. The van der Waals surface area contributed by atoms with Crippen LogP contribution in [0.15, 0.2) is 24.3 Å². The van der Waals surface area contributed by atoms with E-state index in [1.54, 1.807) is 14.2 Å². The van der Waals surface area contributed by atoms with E-state index in [0.717, 1.165) is 18.0 Å². The second-order valence-corrected chi connectivity index (χ2v) is 3.46. The smallest absolute Gasteiger partial charge is 0.161 e. The summed E-state index contributed by atoms with van der Waals surface area (Å²) in [4.78, 5) is 0. The third kappa shape index (κ3) is 5.58. The van der Waals surface area contributed by atoms with Crippen LogP contribution >= 0.6 is 0 Å². The van der Waals surface area contributed by atoms with Gasteiger partial charge in [-0.25, -0.2) is 0 Å². The molecule has 1 aromatic carbocycles. The molecular weight excluding hydrogens is 230 g/mol. The van der Waals surface area contributed by atoms with Crippen LogP contribution in [-0.4, -0.2) is 40.5 Å². The van der Waals surface area contributed by atoms with Crippen LogP contribution in [0, 0.1) is 11.8 Å². The summed E-state index contributed by atoms with van der Waals surface area (Å²) in [6.07, 6.45) is 0. The molecule has 0 aliphatic carbocycles. The van der Waals surface area contributed by atoms with E-state index in [1.807, 2.05) is 24.3 Å². The SMILES string of the molecule is COCC#CCNCCOc1ccccc1OC. The first kappa shape index (κ1) is 14.4. The van der Waals surface area contributed by atoms with Crippen LogP contribution in [0.1, 0.15) is 0 Å². The number of hydrogen-bond donors (Lipinski definition) is 1. The molecule has 0 heterocycles. The largest absolute Gasteiger partial charge is 0.493 e. The van der Waals surface area contributed by atoms with Crippen molar-refractivity contribution in [2.75, 3.05) is 40.5 Å². The molecule has 0 bridgehead atoms. The maximum Gasteiger partial charge on any atom is 0.161 e. The average Bonchev–Trinajstić information content (AvgIpc) is 2.42. The lowest BCUT2D eigenvalue weighted by Gasteiger charge is -2.09. The van der Waals surface area contributed by atoms with Crippen molar-refractivity contribution in [3.63, 3.8) is 0 Å². The molecule has 0 aliphatic rings. The van der Waals surface area contributed by atoms with E-state index >= 15 is 0 Å². The van der Waals surface area contributed by atoms with Gasteiger partial charge in [0.2, 0.25) is 0 Å². The number of benzene rings is 1. The fourth-order valence-electron chi connectivity index (χ4n) is 1.31. The second kappa shape index (κ2) is 9.34. The normalized spacial score (nSPS) is 9.44. The number of rotatable bonds is 7. The van der Waals surface area contributed by atoms with E-state index in [2.05, 4.69) is 17.2 Å². The Hall–Kier alpha value is -1.70. The molecule has 1 N–H and O–H groups in total. The maximum absolute atomic E-state index is 5.60. The van der Waals surface area contributed by atoms with Crippen molar-refractivity contribution >= 4 is 0 Å². The quantitative estimate of drug-likeness (QED) is 0.584. The molecule has 0 spiro atoms. The summed E-state index contributed by atoms with van der Waals surface area (Å²) in [6, 6.07) is 7.59. The monoisotopic (exact) mass is 249 g/mol. The van der Waals surface area contributed by atoms with Crippen molar-refractivity contribution < 1.29 is 14.2 Å². The first-order valence-corrected chi connectivity index (χ1v) is 5.79. The Morgan fingerprint density at radius 3 is 2.61 bits per heavy atom. The fraction of sp³-hybridized carbons (Fsp3) is 0.429. The number of nitrogens with one attached hydrogen (secondary N) is 1. The lowest BCUT2D eigenvalue weighted by molar-refractivity contribution is 0.239.